The van der Waals surface area contributed by atoms with E-state index in [1.165, 1.54) is 10.5 Å². The van der Waals surface area contributed by atoms with Crippen LogP contribution < -0.4 is 5.32 Å². The topological polar surface area (TPSA) is 24.9 Å². The smallest absolute Gasteiger partial charge is 0.115 e. The molecule has 0 spiro atoms. The van der Waals surface area contributed by atoms with Crippen LogP contribution >= 0.6 is 43.6 Å². The zero-order chi connectivity index (χ0) is 14.5. The summed E-state index contributed by atoms with van der Waals surface area (Å²) in [5.74, 6) is 0. The normalized spacial score (nSPS) is 12.4. The molecule has 0 fully saturated rings. The van der Waals surface area contributed by atoms with Crippen molar-refractivity contribution < 1.29 is 0 Å². The third-order valence-corrected chi connectivity index (χ3v) is 5.37. The minimum Gasteiger partial charge on any atom is -0.310 e. The Hall–Kier alpha value is -0.360. The van der Waals surface area contributed by atoms with Crippen LogP contribution in [0.3, 0.4) is 0 Å². The first kappa shape index (κ1) is 16.0. The SMILES string of the molecule is CCNC(C)c1ccc(Br)cc1Sc1ncccc1Br. The molecule has 1 aromatic heterocycles. The summed E-state index contributed by atoms with van der Waals surface area (Å²) >= 11 is 8.79. The molecule has 0 aliphatic rings. The lowest BCUT2D eigenvalue weighted by atomic mass is 10.1. The molecule has 2 nitrogen and oxygen atoms in total. The van der Waals surface area contributed by atoms with Gasteiger partial charge in [-0.25, -0.2) is 4.98 Å². The molecule has 0 saturated carbocycles. The van der Waals surface area contributed by atoms with Crippen LogP contribution in [-0.2, 0) is 0 Å². The van der Waals surface area contributed by atoms with Gasteiger partial charge in [0, 0.05) is 21.6 Å². The average Bonchev–Trinajstić information content (AvgIpc) is 2.42. The zero-order valence-corrected chi connectivity index (χ0v) is 15.3. The number of nitrogens with one attached hydrogen (secondary N) is 1. The van der Waals surface area contributed by atoms with Crippen molar-refractivity contribution in [1.82, 2.24) is 10.3 Å². The molecule has 1 N–H and O–H groups in total. The van der Waals surface area contributed by atoms with Gasteiger partial charge in [0.05, 0.1) is 4.47 Å². The highest BCUT2D eigenvalue weighted by molar-refractivity contribution is 9.10. The van der Waals surface area contributed by atoms with E-state index >= 15 is 0 Å². The minimum absolute atomic E-state index is 0.318. The number of nitrogens with zero attached hydrogens (tertiary/aromatic N) is 1. The van der Waals surface area contributed by atoms with Crippen LogP contribution in [0.2, 0.25) is 0 Å². The highest BCUT2D eigenvalue weighted by Crippen LogP contribution is 2.37. The van der Waals surface area contributed by atoms with Gasteiger partial charge in [0.15, 0.2) is 0 Å². The summed E-state index contributed by atoms with van der Waals surface area (Å²) in [6.07, 6.45) is 1.82. The van der Waals surface area contributed by atoms with E-state index in [0.717, 1.165) is 20.5 Å². The van der Waals surface area contributed by atoms with Gasteiger partial charge in [-0.05, 0) is 59.2 Å². The second kappa shape index (κ2) is 7.59. The Balaban J connectivity index is 2.35. The molecule has 1 aromatic carbocycles. The van der Waals surface area contributed by atoms with Crippen LogP contribution in [0.25, 0.3) is 0 Å². The fourth-order valence-corrected chi connectivity index (χ4v) is 3.97. The van der Waals surface area contributed by atoms with Gasteiger partial charge in [-0.3, -0.25) is 0 Å². The zero-order valence-electron chi connectivity index (χ0n) is 11.4. The van der Waals surface area contributed by atoms with Gasteiger partial charge in [-0.2, -0.15) is 0 Å². The fourth-order valence-electron chi connectivity index (χ4n) is 1.92. The average molecular weight is 416 g/mol. The molecule has 2 rings (SSSR count). The molecule has 0 aliphatic heterocycles. The molecular weight excluding hydrogens is 400 g/mol. The van der Waals surface area contributed by atoms with E-state index in [9.17, 15) is 0 Å². The Morgan fingerprint density at radius 3 is 2.80 bits per heavy atom. The second-order valence-electron chi connectivity index (χ2n) is 4.35. The molecule has 0 radical (unpaired) electrons. The van der Waals surface area contributed by atoms with Crippen molar-refractivity contribution in [2.75, 3.05) is 6.54 Å². The molecule has 20 heavy (non-hydrogen) atoms. The number of aromatic nitrogens is 1. The molecule has 5 heteroatoms. The van der Waals surface area contributed by atoms with E-state index in [1.807, 2.05) is 18.3 Å². The van der Waals surface area contributed by atoms with E-state index < -0.39 is 0 Å². The lowest BCUT2D eigenvalue weighted by Crippen LogP contribution is -2.18. The molecule has 0 aliphatic carbocycles. The van der Waals surface area contributed by atoms with Gasteiger partial charge in [-0.15, -0.1) is 0 Å². The van der Waals surface area contributed by atoms with Crippen molar-refractivity contribution in [3.8, 4) is 0 Å². The fraction of sp³-hybridized carbons (Fsp3) is 0.267. The van der Waals surface area contributed by atoms with E-state index in [4.69, 9.17) is 0 Å². The van der Waals surface area contributed by atoms with Crippen molar-refractivity contribution in [3.63, 3.8) is 0 Å². The first-order valence-electron chi connectivity index (χ1n) is 6.43. The summed E-state index contributed by atoms with van der Waals surface area (Å²) in [7, 11) is 0. The van der Waals surface area contributed by atoms with Gasteiger partial charge < -0.3 is 5.32 Å². The highest BCUT2D eigenvalue weighted by atomic mass is 79.9. The van der Waals surface area contributed by atoms with E-state index in [-0.39, 0.29) is 0 Å². The molecule has 106 valence electrons. The first-order valence-corrected chi connectivity index (χ1v) is 8.83. The number of rotatable bonds is 5. The van der Waals surface area contributed by atoms with Crippen LogP contribution in [0.4, 0.5) is 0 Å². The van der Waals surface area contributed by atoms with Gasteiger partial charge in [0.25, 0.3) is 0 Å². The summed E-state index contributed by atoms with van der Waals surface area (Å²) in [5, 5.41) is 4.44. The van der Waals surface area contributed by atoms with E-state index in [0.29, 0.717) is 6.04 Å². The molecule has 2 aromatic rings. The quantitative estimate of drug-likeness (QED) is 0.704. The third-order valence-electron chi connectivity index (χ3n) is 2.88. The Morgan fingerprint density at radius 2 is 2.10 bits per heavy atom. The van der Waals surface area contributed by atoms with Crippen molar-refractivity contribution in [2.24, 2.45) is 0 Å². The van der Waals surface area contributed by atoms with Crippen LogP contribution in [0, 0.1) is 0 Å². The summed E-state index contributed by atoms with van der Waals surface area (Å²) < 4.78 is 2.10. The maximum atomic E-state index is 4.43. The van der Waals surface area contributed by atoms with Gasteiger partial charge >= 0.3 is 0 Å². The van der Waals surface area contributed by atoms with Crippen LogP contribution in [0.15, 0.2) is 55.4 Å². The van der Waals surface area contributed by atoms with Gasteiger partial charge in [0.1, 0.15) is 5.03 Å². The lowest BCUT2D eigenvalue weighted by Gasteiger charge is -2.17. The summed E-state index contributed by atoms with van der Waals surface area (Å²) in [6, 6.07) is 10.7. The molecule has 1 unspecified atom stereocenters. The van der Waals surface area contributed by atoms with E-state index in [1.54, 1.807) is 11.8 Å². The second-order valence-corrected chi connectivity index (χ2v) is 7.15. The summed E-state index contributed by atoms with van der Waals surface area (Å²) in [6.45, 7) is 5.26. The number of hydrogen-bond acceptors (Lipinski definition) is 3. The Morgan fingerprint density at radius 1 is 1.30 bits per heavy atom. The lowest BCUT2D eigenvalue weighted by molar-refractivity contribution is 0.589. The molecule has 0 saturated heterocycles. The number of hydrogen-bond donors (Lipinski definition) is 1. The van der Waals surface area contributed by atoms with Crippen molar-refractivity contribution in [1.29, 1.82) is 0 Å². The predicted octanol–water partition coefficient (Wildman–Crippen LogP) is 5.43. The van der Waals surface area contributed by atoms with Gasteiger partial charge in [0.2, 0.25) is 0 Å². The first-order chi connectivity index (χ1) is 9.61. The molecular formula is C15H16Br2N2S. The minimum atomic E-state index is 0.318. The molecule has 0 bridgehead atoms. The van der Waals surface area contributed by atoms with Gasteiger partial charge in [-0.1, -0.05) is 40.7 Å². The van der Waals surface area contributed by atoms with Crippen LogP contribution in [-0.4, -0.2) is 11.5 Å². The summed E-state index contributed by atoms with van der Waals surface area (Å²) in [5.41, 5.74) is 1.29. The van der Waals surface area contributed by atoms with Crippen molar-refractivity contribution in [3.05, 3.63) is 51.0 Å². The molecule has 1 heterocycles. The van der Waals surface area contributed by atoms with Crippen LogP contribution in [0.5, 0.6) is 0 Å². The highest BCUT2D eigenvalue weighted by Gasteiger charge is 2.13. The molecule has 1 atom stereocenters. The monoisotopic (exact) mass is 414 g/mol. The predicted molar refractivity (Wildman–Crippen MR) is 92.3 cm³/mol. The van der Waals surface area contributed by atoms with Crippen LogP contribution in [0.1, 0.15) is 25.5 Å². The standard InChI is InChI=1S/C15H16Br2N2S/c1-3-18-10(2)12-7-6-11(16)9-14(12)20-15-13(17)5-4-8-19-15/h4-10,18H,3H2,1-2H3. The maximum absolute atomic E-state index is 4.43. The number of pyridine rings is 1. The maximum Gasteiger partial charge on any atom is 0.115 e. The number of benzene rings is 1. The Bertz CT molecular complexity index is 590. The number of halogens is 2. The van der Waals surface area contributed by atoms with Crippen molar-refractivity contribution >= 4 is 43.6 Å². The summed E-state index contributed by atoms with van der Waals surface area (Å²) in [4.78, 5) is 5.65. The third kappa shape index (κ3) is 4.07. The largest absolute Gasteiger partial charge is 0.310 e. The Labute approximate surface area is 141 Å². The van der Waals surface area contributed by atoms with E-state index in [2.05, 4.69) is 74.2 Å². The van der Waals surface area contributed by atoms with Crippen molar-refractivity contribution in [2.45, 2.75) is 29.8 Å². The molecule has 0 amide bonds. The Kier molecular flexibility index (Phi) is 6.08.